The van der Waals surface area contributed by atoms with Gasteiger partial charge in [-0.2, -0.15) is 0 Å². The molecule has 5 nitrogen and oxygen atoms in total. The molecule has 0 unspecified atom stereocenters. The van der Waals surface area contributed by atoms with Crippen LogP contribution in [0.15, 0.2) is 24.3 Å². The van der Waals surface area contributed by atoms with Gasteiger partial charge < -0.3 is 15.1 Å². The van der Waals surface area contributed by atoms with Crippen LogP contribution >= 0.6 is 11.8 Å². The maximum atomic E-state index is 12.8. The fraction of sp³-hybridized carbons (Fsp3) is 0.579. The molecule has 2 atom stereocenters. The number of thioether (sulfide) groups is 1. The third-order valence-electron chi connectivity index (χ3n) is 4.51. The Bertz CT molecular complexity index is 608. The molecule has 0 bridgehead atoms. The van der Waals surface area contributed by atoms with E-state index in [0.717, 1.165) is 12.8 Å². The molecule has 0 saturated carbocycles. The molecule has 1 N–H and O–H groups in total. The fourth-order valence-electron chi connectivity index (χ4n) is 2.92. The van der Waals surface area contributed by atoms with Crippen LogP contribution in [0.4, 0.5) is 4.79 Å². The lowest BCUT2D eigenvalue weighted by Gasteiger charge is -2.27. The number of nitrogens with zero attached hydrogens (tertiary/aromatic N) is 2. The highest BCUT2D eigenvalue weighted by atomic mass is 32.2. The molecule has 138 valence electrons. The summed E-state index contributed by atoms with van der Waals surface area (Å²) in [5, 5.41) is 2.91. The van der Waals surface area contributed by atoms with E-state index in [1.165, 1.54) is 11.1 Å². The van der Waals surface area contributed by atoms with Gasteiger partial charge in [0.25, 0.3) is 0 Å². The summed E-state index contributed by atoms with van der Waals surface area (Å²) in [5.41, 5.74) is 2.39. The lowest BCUT2D eigenvalue weighted by molar-refractivity contribution is -0.130. The fourth-order valence-corrected chi connectivity index (χ4v) is 4.44. The molecule has 1 aromatic rings. The van der Waals surface area contributed by atoms with Crippen LogP contribution in [-0.2, 0) is 4.79 Å². The number of amides is 3. The van der Waals surface area contributed by atoms with Crippen molar-refractivity contribution in [2.24, 2.45) is 0 Å². The smallest absolute Gasteiger partial charge is 0.317 e. The Hall–Kier alpha value is -1.69. The summed E-state index contributed by atoms with van der Waals surface area (Å²) >= 11 is 1.73. The molecular formula is C19H29N3O2S. The van der Waals surface area contributed by atoms with Gasteiger partial charge in [-0.15, -0.1) is 11.8 Å². The summed E-state index contributed by atoms with van der Waals surface area (Å²) in [4.78, 5) is 28.4. The van der Waals surface area contributed by atoms with Crippen LogP contribution in [0.1, 0.15) is 43.2 Å². The van der Waals surface area contributed by atoms with Crippen molar-refractivity contribution in [2.75, 3.05) is 26.7 Å². The first kappa shape index (κ1) is 19.6. The van der Waals surface area contributed by atoms with E-state index in [1.54, 1.807) is 23.7 Å². The van der Waals surface area contributed by atoms with Crippen LogP contribution in [0.3, 0.4) is 0 Å². The first-order valence-corrected chi connectivity index (χ1v) is 9.94. The average molecular weight is 364 g/mol. The van der Waals surface area contributed by atoms with Crippen molar-refractivity contribution in [1.82, 2.24) is 15.1 Å². The van der Waals surface area contributed by atoms with Crippen molar-refractivity contribution in [3.63, 3.8) is 0 Å². The van der Waals surface area contributed by atoms with Crippen LogP contribution in [-0.4, -0.2) is 53.7 Å². The largest absolute Gasteiger partial charge is 0.338 e. The average Bonchev–Trinajstić information content (AvgIpc) is 2.93. The molecule has 0 aromatic heterocycles. The summed E-state index contributed by atoms with van der Waals surface area (Å²) < 4.78 is 0. The highest BCUT2D eigenvalue weighted by molar-refractivity contribution is 8.01. The predicted octanol–water partition coefficient (Wildman–Crippen LogP) is 3.40. The second kappa shape index (κ2) is 9.13. The molecule has 25 heavy (non-hydrogen) atoms. The van der Waals surface area contributed by atoms with Gasteiger partial charge in [-0.3, -0.25) is 4.79 Å². The van der Waals surface area contributed by atoms with Gasteiger partial charge in [-0.05, 0) is 30.9 Å². The molecule has 1 fully saturated rings. The van der Waals surface area contributed by atoms with Crippen LogP contribution in [0, 0.1) is 6.92 Å². The van der Waals surface area contributed by atoms with Crippen LogP contribution < -0.4 is 5.32 Å². The van der Waals surface area contributed by atoms with Gasteiger partial charge in [0.2, 0.25) is 5.91 Å². The minimum atomic E-state index is -0.0827. The topological polar surface area (TPSA) is 52.7 Å². The first-order valence-electron chi connectivity index (χ1n) is 9.00. The quantitative estimate of drug-likeness (QED) is 0.808. The van der Waals surface area contributed by atoms with E-state index in [2.05, 4.69) is 31.3 Å². The van der Waals surface area contributed by atoms with E-state index in [4.69, 9.17) is 0 Å². The third-order valence-corrected chi connectivity index (χ3v) is 6.14. The molecule has 0 aliphatic carbocycles. The molecule has 2 rings (SSSR count). The number of hydrogen-bond acceptors (Lipinski definition) is 3. The summed E-state index contributed by atoms with van der Waals surface area (Å²) in [6, 6.07) is 8.15. The molecule has 1 aliphatic heterocycles. The minimum Gasteiger partial charge on any atom is -0.338 e. The number of nitrogens with one attached hydrogen (secondary N) is 1. The van der Waals surface area contributed by atoms with Crippen LogP contribution in [0.2, 0.25) is 0 Å². The van der Waals surface area contributed by atoms with E-state index in [1.807, 2.05) is 24.0 Å². The molecule has 1 heterocycles. The Morgan fingerprint density at radius 3 is 2.68 bits per heavy atom. The lowest BCUT2D eigenvalue weighted by atomic mass is 10.1. The maximum Gasteiger partial charge on any atom is 0.317 e. The molecule has 1 aliphatic rings. The van der Waals surface area contributed by atoms with E-state index >= 15 is 0 Å². The van der Waals surface area contributed by atoms with E-state index < -0.39 is 0 Å². The standard InChI is InChI=1S/C19H29N3O2S/c1-5-11-20-19(24)21(4)12-13-22-17(23)16(6-2)25-18(22)15-10-8-7-9-14(15)3/h7-10,16,18H,5-6,11-13H2,1-4H3,(H,20,24)/t16-,18-/m1/s1. The number of carbonyl (C=O) groups is 2. The zero-order chi connectivity index (χ0) is 18.4. The predicted molar refractivity (Wildman–Crippen MR) is 104 cm³/mol. The maximum absolute atomic E-state index is 12.8. The summed E-state index contributed by atoms with van der Waals surface area (Å²) in [6.45, 7) is 7.92. The van der Waals surface area contributed by atoms with Gasteiger partial charge in [-0.1, -0.05) is 38.1 Å². The molecule has 0 spiro atoms. The van der Waals surface area contributed by atoms with E-state index in [9.17, 15) is 9.59 Å². The molecule has 6 heteroatoms. The molecule has 3 amide bonds. The second-order valence-corrected chi connectivity index (χ2v) is 7.71. The zero-order valence-corrected chi connectivity index (χ0v) is 16.4. The van der Waals surface area contributed by atoms with Crippen molar-refractivity contribution >= 4 is 23.7 Å². The number of hydrogen-bond donors (Lipinski definition) is 1. The molecule has 1 aromatic carbocycles. The second-order valence-electron chi connectivity index (χ2n) is 6.43. The van der Waals surface area contributed by atoms with Crippen molar-refractivity contribution < 1.29 is 9.59 Å². The highest BCUT2D eigenvalue weighted by Gasteiger charge is 2.40. The van der Waals surface area contributed by atoms with E-state index in [-0.39, 0.29) is 22.6 Å². The first-order chi connectivity index (χ1) is 12.0. The van der Waals surface area contributed by atoms with Gasteiger partial charge >= 0.3 is 6.03 Å². The normalized spacial score (nSPS) is 20.0. The third kappa shape index (κ3) is 4.69. The number of rotatable bonds is 7. The van der Waals surface area contributed by atoms with Crippen molar-refractivity contribution in [3.8, 4) is 0 Å². The Morgan fingerprint density at radius 1 is 1.32 bits per heavy atom. The Morgan fingerprint density at radius 2 is 2.04 bits per heavy atom. The number of carbonyl (C=O) groups excluding carboxylic acids is 2. The lowest BCUT2D eigenvalue weighted by Crippen LogP contribution is -2.43. The zero-order valence-electron chi connectivity index (χ0n) is 15.6. The Labute approximate surface area is 155 Å². The number of benzene rings is 1. The van der Waals surface area contributed by atoms with Crippen molar-refractivity contribution in [1.29, 1.82) is 0 Å². The van der Waals surface area contributed by atoms with Crippen molar-refractivity contribution in [3.05, 3.63) is 35.4 Å². The van der Waals surface area contributed by atoms with Gasteiger partial charge in [0.1, 0.15) is 5.37 Å². The van der Waals surface area contributed by atoms with E-state index in [0.29, 0.717) is 19.6 Å². The highest BCUT2D eigenvalue weighted by Crippen LogP contribution is 2.44. The summed E-state index contributed by atoms with van der Waals surface area (Å²) in [7, 11) is 1.78. The number of urea groups is 1. The summed E-state index contributed by atoms with van der Waals surface area (Å²) in [5.74, 6) is 0.183. The number of likely N-dealkylation sites (N-methyl/N-ethyl adjacent to an activating group) is 1. The van der Waals surface area contributed by atoms with Gasteiger partial charge in [0, 0.05) is 26.7 Å². The number of aryl methyl sites for hydroxylation is 1. The molecule has 0 radical (unpaired) electrons. The van der Waals surface area contributed by atoms with Gasteiger partial charge in [0.15, 0.2) is 0 Å². The van der Waals surface area contributed by atoms with Crippen molar-refractivity contribution in [2.45, 2.75) is 44.2 Å². The monoisotopic (exact) mass is 363 g/mol. The van der Waals surface area contributed by atoms with Gasteiger partial charge in [0.05, 0.1) is 5.25 Å². The van der Waals surface area contributed by atoms with Crippen LogP contribution in [0.25, 0.3) is 0 Å². The SMILES string of the molecule is CCCNC(=O)N(C)CCN1C(=O)[C@@H](CC)S[C@@H]1c1ccccc1C. The Kier molecular flexibility index (Phi) is 7.17. The minimum absolute atomic E-state index is 0.00355. The van der Waals surface area contributed by atoms with Gasteiger partial charge in [-0.25, -0.2) is 4.79 Å². The Balaban J connectivity index is 2.08. The van der Waals surface area contributed by atoms with Crippen LogP contribution in [0.5, 0.6) is 0 Å². The summed E-state index contributed by atoms with van der Waals surface area (Å²) in [6.07, 6.45) is 1.74. The molecular weight excluding hydrogens is 334 g/mol. The molecule has 1 saturated heterocycles.